The van der Waals surface area contributed by atoms with Crippen LogP contribution in [0.2, 0.25) is 0 Å². The molecule has 0 aliphatic heterocycles. The fourth-order valence-corrected chi connectivity index (χ4v) is 1.85. The molecule has 0 unspecified atom stereocenters. The van der Waals surface area contributed by atoms with E-state index in [0.717, 1.165) is 17.8 Å². The van der Waals surface area contributed by atoms with Crippen molar-refractivity contribution in [3.8, 4) is 0 Å². The van der Waals surface area contributed by atoms with Crippen LogP contribution < -0.4 is 11.1 Å². The molecule has 0 bridgehead atoms. The van der Waals surface area contributed by atoms with Gasteiger partial charge < -0.3 is 11.1 Å². The van der Waals surface area contributed by atoms with E-state index < -0.39 is 0 Å². The number of rotatable bonds is 4. The Morgan fingerprint density at radius 1 is 1.28 bits per heavy atom. The van der Waals surface area contributed by atoms with E-state index in [2.05, 4.69) is 46.5 Å². The lowest BCUT2D eigenvalue weighted by Crippen LogP contribution is -2.20. The van der Waals surface area contributed by atoms with Gasteiger partial charge >= 0.3 is 0 Å². The smallest absolute Gasteiger partial charge is 0.221 e. The normalized spacial score (nSPS) is 12.1. The predicted molar refractivity (Wildman–Crippen MR) is 74.4 cm³/mol. The van der Waals surface area contributed by atoms with Crippen molar-refractivity contribution in [2.45, 2.75) is 26.3 Å². The first-order valence-corrected chi connectivity index (χ1v) is 6.04. The maximum Gasteiger partial charge on any atom is 0.221 e. The standard InChI is InChI=1S/C14H18N4/c1-10-9-16-14(15)18-13(10)17-11(2)8-12-6-4-3-5-7-12/h3-7,9,11H,8H2,1-2H3,(H3,15,16,17,18)/t11-/m1/s1. The Morgan fingerprint density at radius 2 is 2.00 bits per heavy atom. The molecule has 0 saturated carbocycles. The molecule has 1 heterocycles. The fourth-order valence-electron chi connectivity index (χ4n) is 1.85. The molecule has 1 aromatic heterocycles. The number of aromatic nitrogens is 2. The lowest BCUT2D eigenvalue weighted by atomic mass is 10.1. The minimum absolute atomic E-state index is 0.292. The molecule has 0 amide bonds. The van der Waals surface area contributed by atoms with Crippen molar-refractivity contribution >= 4 is 11.8 Å². The van der Waals surface area contributed by atoms with Crippen molar-refractivity contribution in [1.82, 2.24) is 9.97 Å². The van der Waals surface area contributed by atoms with Gasteiger partial charge in [-0.15, -0.1) is 0 Å². The zero-order valence-electron chi connectivity index (χ0n) is 10.7. The predicted octanol–water partition coefficient (Wildman–Crippen LogP) is 2.41. The van der Waals surface area contributed by atoms with E-state index in [1.807, 2.05) is 13.0 Å². The molecule has 1 atom stereocenters. The van der Waals surface area contributed by atoms with Crippen molar-refractivity contribution in [1.29, 1.82) is 0 Å². The average molecular weight is 242 g/mol. The average Bonchev–Trinajstić information content (AvgIpc) is 2.35. The monoisotopic (exact) mass is 242 g/mol. The van der Waals surface area contributed by atoms with E-state index >= 15 is 0 Å². The Morgan fingerprint density at radius 3 is 2.72 bits per heavy atom. The molecule has 0 saturated heterocycles. The molecule has 1 aromatic carbocycles. The van der Waals surface area contributed by atoms with Gasteiger partial charge in [0.15, 0.2) is 0 Å². The summed E-state index contributed by atoms with van der Waals surface area (Å²) in [5.41, 5.74) is 7.90. The molecule has 4 nitrogen and oxygen atoms in total. The number of nitrogens with one attached hydrogen (secondary N) is 1. The third-order valence-electron chi connectivity index (χ3n) is 2.76. The zero-order chi connectivity index (χ0) is 13.0. The summed E-state index contributed by atoms with van der Waals surface area (Å²) in [6.07, 6.45) is 2.68. The van der Waals surface area contributed by atoms with Gasteiger partial charge in [-0.05, 0) is 25.8 Å². The SMILES string of the molecule is Cc1cnc(N)nc1N[C@H](C)Cc1ccccc1. The fraction of sp³-hybridized carbons (Fsp3) is 0.286. The van der Waals surface area contributed by atoms with Crippen LogP contribution in [0.15, 0.2) is 36.5 Å². The zero-order valence-corrected chi connectivity index (χ0v) is 10.7. The van der Waals surface area contributed by atoms with E-state index in [1.54, 1.807) is 6.20 Å². The molecular formula is C14H18N4. The molecule has 4 heteroatoms. The largest absolute Gasteiger partial charge is 0.368 e. The van der Waals surface area contributed by atoms with Gasteiger partial charge in [0, 0.05) is 17.8 Å². The number of hydrogen-bond donors (Lipinski definition) is 2. The second kappa shape index (κ2) is 5.49. The van der Waals surface area contributed by atoms with Gasteiger partial charge in [0.05, 0.1) is 0 Å². The van der Waals surface area contributed by atoms with Gasteiger partial charge in [0.1, 0.15) is 5.82 Å². The minimum atomic E-state index is 0.292. The van der Waals surface area contributed by atoms with Crippen molar-refractivity contribution in [2.75, 3.05) is 11.1 Å². The van der Waals surface area contributed by atoms with E-state index in [-0.39, 0.29) is 0 Å². The van der Waals surface area contributed by atoms with Crippen LogP contribution in [0.25, 0.3) is 0 Å². The van der Waals surface area contributed by atoms with Crippen LogP contribution in [0, 0.1) is 6.92 Å². The number of nitrogens with two attached hydrogens (primary N) is 1. The molecule has 0 aliphatic carbocycles. The second-order valence-electron chi connectivity index (χ2n) is 4.49. The van der Waals surface area contributed by atoms with E-state index in [9.17, 15) is 0 Å². The summed E-state index contributed by atoms with van der Waals surface area (Å²) in [7, 11) is 0. The van der Waals surface area contributed by atoms with Crippen LogP contribution >= 0.6 is 0 Å². The van der Waals surface area contributed by atoms with E-state index in [4.69, 9.17) is 5.73 Å². The third-order valence-corrected chi connectivity index (χ3v) is 2.76. The van der Waals surface area contributed by atoms with Crippen LogP contribution in [-0.4, -0.2) is 16.0 Å². The Balaban J connectivity index is 2.03. The highest BCUT2D eigenvalue weighted by atomic mass is 15.1. The number of anilines is 2. The summed E-state index contributed by atoms with van der Waals surface area (Å²) in [4.78, 5) is 8.17. The van der Waals surface area contributed by atoms with Crippen LogP contribution in [0.3, 0.4) is 0 Å². The summed E-state index contributed by atoms with van der Waals surface area (Å²) in [5.74, 6) is 1.11. The molecular weight excluding hydrogens is 224 g/mol. The van der Waals surface area contributed by atoms with Crippen molar-refractivity contribution in [3.05, 3.63) is 47.7 Å². The Labute approximate surface area is 107 Å². The second-order valence-corrected chi connectivity index (χ2v) is 4.49. The molecule has 0 aliphatic rings. The van der Waals surface area contributed by atoms with Gasteiger partial charge in [-0.25, -0.2) is 4.98 Å². The first-order chi connectivity index (χ1) is 8.65. The summed E-state index contributed by atoms with van der Waals surface area (Å²) < 4.78 is 0. The van der Waals surface area contributed by atoms with Crippen molar-refractivity contribution in [3.63, 3.8) is 0 Å². The van der Waals surface area contributed by atoms with Crippen LogP contribution in [0.5, 0.6) is 0 Å². The molecule has 94 valence electrons. The van der Waals surface area contributed by atoms with Crippen molar-refractivity contribution in [2.24, 2.45) is 0 Å². The van der Waals surface area contributed by atoms with Gasteiger partial charge in [-0.2, -0.15) is 4.98 Å². The van der Waals surface area contributed by atoms with Crippen LogP contribution in [-0.2, 0) is 6.42 Å². The molecule has 2 aromatic rings. The number of benzene rings is 1. The van der Waals surface area contributed by atoms with Gasteiger partial charge in [0.25, 0.3) is 0 Å². The van der Waals surface area contributed by atoms with Gasteiger partial charge in [-0.3, -0.25) is 0 Å². The first kappa shape index (κ1) is 12.4. The highest BCUT2D eigenvalue weighted by molar-refractivity contribution is 5.46. The minimum Gasteiger partial charge on any atom is -0.368 e. The van der Waals surface area contributed by atoms with E-state index in [1.165, 1.54) is 5.56 Å². The number of aryl methyl sites for hydroxylation is 1. The highest BCUT2D eigenvalue weighted by Crippen LogP contribution is 2.14. The number of nitrogen functional groups attached to an aromatic ring is 1. The molecule has 18 heavy (non-hydrogen) atoms. The molecule has 0 spiro atoms. The third kappa shape index (κ3) is 3.20. The molecule has 2 rings (SSSR count). The maximum atomic E-state index is 5.59. The highest BCUT2D eigenvalue weighted by Gasteiger charge is 2.07. The summed E-state index contributed by atoms with van der Waals surface area (Å²) in [6.45, 7) is 4.10. The summed E-state index contributed by atoms with van der Waals surface area (Å²) in [5, 5.41) is 3.37. The molecule has 0 fully saturated rings. The first-order valence-electron chi connectivity index (χ1n) is 6.04. The van der Waals surface area contributed by atoms with Gasteiger partial charge in [-0.1, -0.05) is 30.3 Å². The topological polar surface area (TPSA) is 63.8 Å². The number of hydrogen-bond acceptors (Lipinski definition) is 4. The lowest BCUT2D eigenvalue weighted by molar-refractivity contribution is 0.782. The Kier molecular flexibility index (Phi) is 3.77. The summed E-state index contributed by atoms with van der Waals surface area (Å²) in [6, 6.07) is 10.7. The van der Waals surface area contributed by atoms with Crippen molar-refractivity contribution < 1.29 is 0 Å². The molecule has 3 N–H and O–H groups in total. The Hall–Kier alpha value is -2.10. The van der Waals surface area contributed by atoms with E-state index in [0.29, 0.717) is 12.0 Å². The van der Waals surface area contributed by atoms with Gasteiger partial charge in [0.2, 0.25) is 5.95 Å². The summed E-state index contributed by atoms with van der Waals surface area (Å²) >= 11 is 0. The number of nitrogens with zero attached hydrogens (tertiary/aromatic N) is 2. The molecule has 0 radical (unpaired) electrons. The van der Waals surface area contributed by atoms with Crippen LogP contribution in [0.4, 0.5) is 11.8 Å². The van der Waals surface area contributed by atoms with Crippen LogP contribution in [0.1, 0.15) is 18.1 Å². The maximum absolute atomic E-state index is 5.59. The lowest BCUT2D eigenvalue weighted by Gasteiger charge is -2.16. The quantitative estimate of drug-likeness (QED) is 0.864. The Bertz CT molecular complexity index is 510.